The molecule has 0 aliphatic carbocycles. The van der Waals surface area contributed by atoms with Gasteiger partial charge in [-0.1, -0.05) is 0 Å². The van der Waals surface area contributed by atoms with Crippen molar-refractivity contribution in [1.29, 1.82) is 0 Å². The van der Waals surface area contributed by atoms with Gasteiger partial charge in [0.2, 0.25) is 0 Å². The van der Waals surface area contributed by atoms with Crippen LogP contribution in [0.15, 0.2) is 0 Å². The van der Waals surface area contributed by atoms with E-state index in [9.17, 15) is 26.3 Å². The molecule has 0 bridgehead atoms. The van der Waals surface area contributed by atoms with Gasteiger partial charge in [0, 0.05) is 13.1 Å². The van der Waals surface area contributed by atoms with Gasteiger partial charge in [-0.2, -0.15) is 26.3 Å². The van der Waals surface area contributed by atoms with Crippen molar-refractivity contribution in [2.75, 3.05) is 19.6 Å². The van der Waals surface area contributed by atoms with Gasteiger partial charge < -0.3 is 5.73 Å². The monoisotopic (exact) mass is 264 g/mol. The maximum Gasteiger partial charge on any atom is 0.405 e. The molecule has 8 heteroatoms. The number of piperidine rings is 1. The molecule has 2 unspecified atom stereocenters. The first kappa shape index (κ1) is 14.6. The summed E-state index contributed by atoms with van der Waals surface area (Å²) in [5.41, 5.74) is 5.00. The molecule has 17 heavy (non-hydrogen) atoms. The SMILES string of the molecule is NCC(N1CCCC(C(F)(F)F)C1)C(F)(F)F. The predicted molar refractivity (Wildman–Crippen MR) is 49.2 cm³/mol. The van der Waals surface area contributed by atoms with E-state index in [0.717, 1.165) is 4.90 Å². The summed E-state index contributed by atoms with van der Waals surface area (Å²) in [4.78, 5) is 0.793. The smallest absolute Gasteiger partial charge is 0.329 e. The molecule has 102 valence electrons. The van der Waals surface area contributed by atoms with E-state index in [0.29, 0.717) is 0 Å². The van der Waals surface area contributed by atoms with Crippen LogP contribution in [-0.2, 0) is 0 Å². The van der Waals surface area contributed by atoms with Crippen LogP contribution in [0.3, 0.4) is 0 Å². The van der Waals surface area contributed by atoms with Gasteiger partial charge in [0.1, 0.15) is 6.04 Å². The molecule has 2 N–H and O–H groups in total. The fourth-order valence-electron chi connectivity index (χ4n) is 2.05. The van der Waals surface area contributed by atoms with Gasteiger partial charge in [0.25, 0.3) is 0 Å². The molecule has 1 rings (SSSR count). The number of hydrogen-bond acceptors (Lipinski definition) is 2. The molecule has 1 aliphatic heterocycles. The number of nitrogens with two attached hydrogens (primary N) is 1. The minimum atomic E-state index is -4.58. The van der Waals surface area contributed by atoms with Crippen LogP contribution in [0, 0.1) is 5.92 Å². The summed E-state index contributed by atoms with van der Waals surface area (Å²) < 4.78 is 74.9. The molecule has 0 spiro atoms. The van der Waals surface area contributed by atoms with Crippen LogP contribution in [0.1, 0.15) is 12.8 Å². The second-order valence-electron chi connectivity index (χ2n) is 4.17. The molecule has 0 saturated carbocycles. The minimum Gasteiger partial charge on any atom is -0.329 e. The quantitative estimate of drug-likeness (QED) is 0.774. The van der Waals surface area contributed by atoms with Gasteiger partial charge in [0.05, 0.1) is 5.92 Å². The van der Waals surface area contributed by atoms with Crippen LogP contribution in [0.4, 0.5) is 26.3 Å². The minimum absolute atomic E-state index is 0.00789. The van der Waals surface area contributed by atoms with Crippen LogP contribution in [0.5, 0.6) is 0 Å². The Balaban J connectivity index is 2.72. The lowest BCUT2D eigenvalue weighted by atomic mass is 9.96. The van der Waals surface area contributed by atoms with E-state index in [1.54, 1.807) is 0 Å². The Morgan fingerprint density at radius 3 is 2.18 bits per heavy atom. The second-order valence-corrected chi connectivity index (χ2v) is 4.17. The van der Waals surface area contributed by atoms with Gasteiger partial charge in [-0.25, -0.2) is 0 Å². The van der Waals surface area contributed by atoms with Crippen molar-refractivity contribution in [3.8, 4) is 0 Å². The third-order valence-corrected chi connectivity index (χ3v) is 2.96. The molecular formula is C9H14F6N2. The first-order valence-electron chi connectivity index (χ1n) is 5.23. The Hall–Kier alpha value is -0.500. The lowest BCUT2D eigenvalue weighted by molar-refractivity contribution is -0.214. The standard InChI is InChI=1S/C9H14F6N2/c10-8(11,12)6-2-1-3-17(5-6)7(4-16)9(13,14)15/h6-7H,1-5,16H2. The summed E-state index contributed by atoms with van der Waals surface area (Å²) in [6.07, 6.45) is -9.03. The van der Waals surface area contributed by atoms with Gasteiger partial charge in [0.15, 0.2) is 0 Å². The lowest BCUT2D eigenvalue weighted by Crippen LogP contribution is -2.55. The Kier molecular flexibility index (Phi) is 4.29. The average molecular weight is 264 g/mol. The van der Waals surface area contributed by atoms with Crippen molar-refractivity contribution >= 4 is 0 Å². The molecule has 0 aromatic heterocycles. The molecule has 0 amide bonds. The van der Waals surface area contributed by atoms with E-state index >= 15 is 0 Å². The highest BCUT2D eigenvalue weighted by atomic mass is 19.4. The normalized spacial score (nSPS) is 25.9. The van der Waals surface area contributed by atoms with E-state index in [2.05, 4.69) is 0 Å². The van der Waals surface area contributed by atoms with E-state index in [1.807, 2.05) is 0 Å². The maximum atomic E-state index is 12.5. The molecule has 2 nitrogen and oxygen atoms in total. The Morgan fingerprint density at radius 2 is 1.76 bits per heavy atom. The third kappa shape index (κ3) is 3.74. The van der Waals surface area contributed by atoms with E-state index in [-0.39, 0.29) is 19.4 Å². The molecule has 1 heterocycles. The summed E-state index contributed by atoms with van der Waals surface area (Å²) >= 11 is 0. The maximum absolute atomic E-state index is 12.5. The third-order valence-electron chi connectivity index (χ3n) is 2.96. The largest absolute Gasteiger partial charge is 0.405 e. The fourth-order valence-corrected chi connectivity index (χ4v) is 2.05. The van der Waals surface area contributed by atoms with Crippen molar-refractivity contribution < 1.29 is 26.3 Å². The van der Waals surface area contributed by atoms with Crippen molar-refractivity contribution in [2.24, 2.45) is 11.7 Å². The first-order valence-corrected chi connectivity index (χ1v) is 5.23. The van der Waals surface area contributed by atoms with Gasteiger partial charge in [-0.05, 0) is 19.4 Å². The summed E-state index contributed by atoms with van der Waals surface area (Å²) in [5.74, 6) is -1.69. The number of halogens is 6. The zero-order valence-electron chi connectivity index (χ0n) is 8.98. The molecule has 0 radical (unpaired) electrons. The van der Waals surface area contributed by atoms with Crippen molar-refractivity contribution in [3.05, 3.63) is 0 Å². The highest BCUT2D eigenvalue weighted by molar-refractivity contribution is 4.86. The predicted octanol–water partition coefficient (Wildman–Crippen LogP) is 2.15. The number of likely N-dealkylation sites (tertiary alicyclic amines) is 1. The van der Waals surface area contributed by atoms with Crippen LogP contribution in [0.25, 0.3) is 0 Å². The molecule has 0 aromatic rings. The highest BCUT2D eigenvalue weighted by Gasteiger charge is 2.48. The van der Waals surface area contributed by atoms with Crippen molar-refractivity contribution in [1.82, 2.24) is 4.90 Å². The van der Waals surface area contributed by atoms with E-state index < -0.39 is 37.4 Å². The Labute approximate surface area is 94.7 Å². The second kappa shape index (κ2) is 5.01. The van der Waals surface area contributed by atoms with Gasteiger partial charge >= 0.3 is 12.4 Å². The molecule has 1 fully saturated rings. The number of alkyl halides is 6. The summed E-state index contributed by atoms with van der Waals surface area (Å²) in [7, 11) is 0. The Bertz CT molecular complexity index is 249. The average Bonchev–Trinajstić information content (AvgIpc) is 2.15. The number of hydrogen-bond donors (Lipinski definition) is 1. The number of nitrogens with zero attached hydrogens (tertiary/aromatic N) is 1. The van der Waals surface area contributed by atoms with Crippen LogP contribution < -0.4 is 5.73 Å². The van der Waals surface area contributed by atoms with Crippen molar-refractivity contribution in [2.45, 2.75) is 31.2 Å². The highest BCUT2D eigenvalue weighted by Crippen LogP contribution is 2.35. The van der Waals surface area contributed by atoms with Crippen LogP contribution >= 0.6 is 0 Å². The summed E-state index contributed by atoms with van der Waals surface area (Å²) in [5, 5.41) is 0. The van der Waals surface area contributed by atoms with E-state index in [1.165, 1.54) is 0 Å². The fraction of sp³-hybridized carbons (Fsp3) is 1.00. The molecular weight excluding hydrogens is 250 g/mol. The van der Waals surface area contributed by atoms with Crippen molar-refractivity contribution in [3.63, 3.8) is 0 Å². The summed E-state index contributed by atoms with van der Waals surface area (Å²) in [6, 6.07) is -1.98. The van der Waals surface area contributed by atoms with Gasteiger partial charge in [-0.15, -0.1) is 0 Å². The molecule has 1 saturated heterocycles. The first-order chi connectivity index (χ1) is 7.66. The van der Waals surface area contributed by atoms with Gasteiger partial charge in [-0.3, -0.25) is 4.90 Å². The number of rotatable bonds is 2. The molecule has 2 atom stereocenters. The Morgan fingerprint density at radius 1 is 1.18 bits per heavy atom. The topological polar surface area (TPSA) is 29.3 Å². The van der Waals surface area contributed by atoms with Crippen LogP contribution in [-0.4, -0.2) is 42.9 Å². The zero-order chi connectivity index (χ0) is 13.3. The molecule has 1 aliphatic rings. The lowest BCUT2D eigenvalue weighted by Gasteiger charge is -2.38. The van der Waals surface area contributed by atoms with E-state index in [4.69, 9.17) is 5.73 Å². The summed E-state index contributed by atoms with van der Waals surface area (Å²) in [6.45, 7) is -1.33. The molecule has 0 aromatic carbocycles. The zero-order valence-corrected chi connectivity index (χ0v) is 8.98. The van der Waals surface area contributed by atoms with Crippen LogP contribution in [0.2, 0.25) is 0 Å².